The highest BCUT2D eigenvalue weighted by Crippen LogP contribution is 2.55. The Labute approximate surface area is 187 Å². The van der Waals surface area contributed by atoms with Gasteiger partial charge in [0, 0.05) is 0 Å². The zero-order valence-corrected chi connectivity index (χ0v) is 18.5. The van der Waals surface area contributed by atoms with Crippen molar-refractivity contribution in [3.05, 3.63) is 117 Å². The highest BCUT2D eigenvalue weighted by atomic mass is 14.5. The molecule has 6 rings (SSSR count). The summed E-state index contributed by atoms with van der Waals surface area (Å²) in [6, 6.07) is 22.8. The van der Waals surface area contributed by atoms with E-state index in [4.69, 9.17) is 0 Å². The first-order valence-corrected chi connectivity index (χ1v) is 12.3. The summed E-state index contributed by atoms with van der Waals surface area (Å²) in [7, 11) is 0. The molecule has 2 aromatic carbocycles. The lowest BCUT2D eigenvalue weighted by molar-refractivity contribution is 0.642. The molecule has 0 heteroatoms. The Kier molecular flexibility index (Phi) is 4.82. The molecule has 0 amide bonds. The molecule has 0 aliphatic heterocycles. The van der Waals surface area contributed by atoms with E-state index in [1.54, 1.807) is 33.4 Å². The van der Waals surface area contributed by atoms with Crippen LogP contribution in [0, 0.1) is 0 Å². The van der Waals surface area contributed by atoms with Crippen molar-refractivity contribution >= 4 is 0 Å². The van der Waals surface area contributed by atoms with E-state index < -0.39 is 0 Å². The van der Waals surface area contributed by atoms with Crippen LogP contribution in [0.5, 0.6) is 0 Å². The molecular formula is C31H32. The van der Waals surface area contributed by atoms with Crippen LogP contribution in [0.3, 0.4) is 0 Å². The second-order valence-corrected chi connectivity index (χ2v) is 9.85. The number of benzene rings is 2. The van der Waals surface area contributed by atoms with Gasteiger partial charge in [0.1, 0.15) is 0 Å². The largest absolute Gasteiger partial charge is 0.0633 e. The molecule has 0 aromatic heterocycles. The fourth-order valence-electron chi connectivity index (χ4n) is 6.69. The quantitative estimate of drug-likeness (QED) is 0.480. The van der Waals surface area contributed by atoms with Gasteiger partial charge in [0.25, 0.3) is 0 Å². The molecule has 4 aliphatic carbocycles. The summed E-state index contributed by atoms with van der Waals surface area (Å²) in [4.78, 5) is 0. The third-order valence-corrected chi connectivity index (χ3v) is 8.14. The van der Waals surface area contributed by atoms with Gasteiger partial charge >= 0.3 is 0 Å². The molecule has 31 heavy (non-hydrogen) atoms. The van der Waals surface area contributed by atoms with Gasteiger partial charge in [-0.15, -0.1) is 0 Å². The molecule has 0 unspecified atom stereocenters. The van der Waals surface area contributed by atoms with Crippen LogP contribution in [-0.2, 0) is 5.41 Å². The predicted octanol–water partition coefficient (Wildman–Crippen LogP) is 8.37. The van der Waals surface area contributed by atoms with Crippen LogP contribution < -0.4 is 0 Å². The molecule has 0 atom stereocenters. The molecule has 0 spiro atoms. The van der Waals surface area contributed by atoms with E-state index in [0.29, 0.717) is 0 Å². The topological polar surface area (TPSA) is 0 Å². The predicted molar refractivity (Wildman–Crippen MR) is 130 cm³/mol. The summed E-state index contributed by atoms with van der Waals surface area (Å²) in [5.41, 5.74) is 12.7. The van der Waals surface area contributed by atoms with Crippen LogP contribution in [0.2, 0.25) is 0 Å². The maximum Gasteiger partial charge on any atom is 0.0633 e. The summed E-state index contributed by atoms with van der Waals surface area (Å²) in [5, 5.41) is 0. The Balaban J connectivity index is 1.57. The first-order valence-electron chi connectivity index (χ1n) is 12.3. The standard InChI is InChI=1S/C31H32/c1-3-15-27(16-4-1)31(28-17-5-2-6-18-28,29-19-23-11-7-8-12-24(23)20-29)30-21-25-13-9-10-14-26(25)22-30/h1-6,15-19,21H,7-14,20,22H2. The van der Waals surface area contributed by atoms with E-state index in [-0.39, 0.29) is 5.41 Å². The third-order valence-electron chi connectivity index (χ3n) is 8.14. The van der Waals surface area contributed by atoms with Gasteiger partial charge in [0.05, 0.1) is 5.41 Å². The van der Waals surface area contributed by atoms with Crippen LogP contribution in [0.15, 0.2) is 106 Å². The molecule has 4 aliphatic rings. The van der Waals surface area contributed by atoms with Gasteiger partial charge in [-0.2, -0.15) is 0 Å². The highest BCUT2D eigenvalue weighted by molar-refractivity contribution is 5.65. The first-order chi connectivity index (χ1) is 15.4. The second kappa shape index (κ2) is 7.83. The Morgan fingerprint density at radius 2 is 0.903 bits per heavy atom. The van der Waals surface area contributed by atoms with Gasteiger partial charge in [-0.05, 0) is 97.6 Å². The van der Waals surface area contributed by atoms with Crippen LogP contribution >= 0.6 is 0 Å². The highest BCUT2D eigenvalue weighted by Gasteiger charge is 2.45. The number of hydrogen-bond acceptors (Lipinski definition) is 0. The summed E-state index contributed by atoms with van der Waals surface area (Å²) in [5.74, 6) is 0. The van der Waals surface area contributed by atoms with E-state index in [9.17, 15) is 0 Å². The molecule has 0 radical (unpaired) electrons. The maximum absolute atomic E-state index is 2.62. The van der Waals surface area contributed by atoms with Crippen LogP contribution in [0.4, 0.5) is 0 Å². The molecule has 0 saturated heterocycles. The van der Waals surface area contributed by atoms with Crippen molar-refractivity contribution < 1.29 is 0 Å². The monoisotopic (exact) mass is 404 g/mol. The van der Waals surface area contributed by atoms with E-state index in [2.05, 4.69) is 72.8 Å². The maximum atomic E-state index is 2.62. The molecule has 0 nitrogen and oxygen atoms in total. The van der Waals surface area contributed by atoms with Crippen LogP contribution in [0.1, 0.15) is 75.3 Å². The molecule has 2 aromatic rings. The minimum absolute atomic E-state index is 0.142. The Morgan fingerprint density at radius 3 is 1.32 bits per heavy atom. The smallest absolute Gasteiger partial charge is 0.0629 e. The molecule has 0 N–H and O–H groups in total. The number of hydrogen-bond donors (Lipinski definition) is 0. The Hall–Kier alpha value is -2.60. The average Bonchev–Trinajstić information content (AvgIpc) is 3.46. The first kappa shape index (κ1) is 19.1. The van der Waals surface area contributed by atoms with Crippen molar-refractivity contribution in [2.45, 2.75) is 69.6 Å². The fraction of sp³-hybridized carbons (Fsp3) is 0.355. The van der Waals surface area contributed by atoms with Crippen molar-refractivity contribution in [1.82, 2.24) is 0 Å². The van der Waals surface area contributed by atoms with Gasteiger partial charge in [0.2, 0.25) is 0 Å². The minimum atomic E-state index is -0.142. The number of rotatable bonds is 4. The van der Waals surface area contributed by atoms with Gasteiger partial charge in [-0.25, -0.2) is 0 Å². The van der Waals surface area contributed by atoms with Gasteiger partial charge < -0.3 is 0 Å². The Bertz CT molecular complexity index is 1010. The van der Waals surface area contributed by atoms with Crippen molar-refractivity contribution in [2.75, 3.05) is 0 Å². The summed E-state index contributed by atoms with van der Waals surface area (Å²) in [6.07, 6.45) is 18.1. The number of allylic oxidation sites excluding steroid dienone is 8. The van der Waals surface area contributed by atoms with Crippen molar-refractivity contribution in [2.24, 2.45) is 0 Å². The normalized spacial score (nSPS) is 21.0. The fourth-order valence-corrected chi connectivity index (χ4v) is 6.69. The lowest BCUT2D eigenvalue weighted by Crippen LogP contribution is -2.32. The summed E-state index contributed by atoms with van der Waals surface area (Å²) < 4.78 is 0. The Morgan fingerprint density at radius 1 is 0.484 bits per heavy atom. The average molecular weight is 405 g/mol. The van der Waals surface area contributed by atoms with Gasteiger partial charge in [0.15, 0.2) is 0 Å². The lowest BCUT2D eigenvalue weighted by Gasteiger charge is -2.39. The molecule has 0 saturated carbocycles. The SMILES string of the molecule is C1=C(C(C2=CC3=C(CCCC3)C2)(c2ccccc2)c2ccccc2)CC2=C1CCCC2. The van der Waals surface area contributed by atoms with Gasteiger partial charge in [-0.3, -0.25) is 0 Å². The third kappa shape index (κ3) is 3.11. The summed E-state index contributed by atoms with van der Waals surface area (Å²) in [6.45, 7) is 0. The van der Waals surface area contributed by atoms with Crippen molar-refractivity contribution in [3.63, 3.8) is 0 Å². The summed E-state index contributed by atoms with van der Waals surface area (Å²) >= 11 is 0. The molecule has 0 heterocycles. The minimum Gasteiger partial charge on any atom is -0.0629 e. The second-order valence-electron chi connectivity index (χ2n) is 9.85. The van der Waals surface area contributed by atoms with Crippen LogP contribution in [-0.4, -0.2) is 0 Å². The molecule has 0 bridgehead atoms. The molecule has 0 fully saturated rings. The zero-order valence-electron chi connectivity index (χ0n) is 18.5. The zero-order chi connectivity index (χ0) is 20.7. The molecular weight excluding hydrogens is 372 g/mol. The van der Waals surface area contributed by atoms with Crippen molar-refractivity contribution in [1.29, 1.82) is 0 Å². The van der Waals surface area contributed by atoms with Gasteiger partial charge in [-0.1, -0.05) is 84.0 Å². The van der Waals surface area contributed by atoms with E-state index in [1.165, 1.54) is 62.5 Å². The van der Waals surface area contributed by atoms with E-state index in [0.717, 1.165) is 12.8 Å². The van der Waals surface area contributed by atoms with Crippen LogP contribution in [0.25, 0.3) is 0 Å². The van der Waals surface area contributed by atoms with Crippen molar-refractivity contribution in [3.8, 4) is 0 Å². The lowest BCUT2D eigenvalue weighted by atomic mass is 9.63. The van der Waals surface area contributed by atoms with E-state index in [1.807, 2.05) is 0 Å². The molecule has 156 valence electrons. The van der Waals surface area contributed by atoms with E-state index >= 15 is 0 Å².